The lowest BCUT2D eigenvalue weighted by atomic mass is 9.63. The summed E-state index contributed by atoms with van der Waals surface area (Å²) >= 11 is 0. The maximum absolute atomic E-state index is 14.9. The molecule has 4 aromatic carbocycles. The summed E-state index contributed by atoms with van der Waals surface area (Å²) in [6.45, 7) is 11.2. The van der Waals surface area contributed by atoms with Crippen LogP contribution in [0, 0.1) is 11.8 Å². The molecular weight excluding hydrogens is 695 g/mol. The van der Waals surface area contributed by atoms with Gasteiger partial charge in [0, 0.05) is 41.7 Å². The smallest absolute Gasteiger partial charge is 0.264 e. The number of ether oxygens (including phenoxy) is 3. The molecular formula is C44H47N5O6. The number of rotatable bonds is 13. The summed E-state index contributed by atoms with van der Waals surface area (Å²) < 4.78 is 19.7. The second-order valence-electron chi connectivity index (χ2n) is 14.8. The Morgan fingerprint density at radius 1 is 1.02 bits per heavy atom. The third-order valence-electron chi connectivity index (χ3n) is 11.4. The van der Waals surface area contributed by atoms with Gasteiger partial charge in [0.1, 0.15) is 23.3 Å². The number of carbonyl (C=O) groups excluding carboxylic acids is 2. The zero-order valence-corrected chi connectivity index (χ0v) is 31.8. The third-order valence-corrected chi connectivity index (χ3v) is 11.4. The van der Waals surface area contributed by atoms with Crippen LogP contribution in [0.4, 0.5) is 11.4 Å². The molecule has 2 aliphatic heterocycles. The van der Waals surface area contributed by atoms with Gasteiger partial charge in [-0.1, -0.05) is 74.5 Å². The number of aliphatic hydroxyl groups excluding tert-OH is 1. The van der Waals surface area contributed by atoms with E-state index >= 15 is 0 Å². The SMILES string of the molecule is C=CCN1C(=O)[C@]2(O[C@H](CCn3cc([C@H](O)c4ccccc4)nn3)[C@@H](C(C)(C)c3ccc(OC)cc3)[C@@H]2C)c2cc(NC(=O)c3ccc(OC)cc3)ccc21. The fourth-order valence-electron chi connectivity index (χ4n) is 8.53. The van der Waals surface area contributed by atoms with E-state index in [-0.39, 0.29) is 23.7 Å². The van der Waals surface area contributed by atoms with Crippen LogP contribution in [0.2, 0.25) is 0 Å². The van der Waals surface area contributed by atoms with Crippen LogP contribution in [0.1, 0.15) is 66.0 Å². The van der Waals surface area contributed by atoms with Gasteiger partial charge in [0.05, 0.1) is 32.2 Å². The molecule has 0 unspecified atom stereocenters. The van der Waals surface area contributed by atoms with E-state index in [0.29, 0.717) is 47.8 Å². The number of amides is 2. The van der Waals surface area contributed by atoms with Crippen LogP contribution in [0.25, 0.3) is 0 Å². The van der Waals surface area contributed by atoms with E-state index in [0.717, 1.165) is 22.6 Å². The second kappa shape index (κ2) is 15.2. The average molecular weight is 742 g/mol. The highest BCUT2D eigenvalue weighted by Crippen LogP contribution is 2.60. The topological polar surface area (TPSA) is 128 Å². The molecule has 11 nitrogen and oxygen atoms in total. The molecule has 11 heteroatoms. The van der Waals surface area contributed by atoms with Gasteiger partial charge in [-0.15, -0.1) is 11.7 Å². The van der Waals surface area contributed by atoms with Gasteiger partial charge in [-0.3, -0.25) is 14.3 Å². The number of aryl methyl sites for hydroxylation is 1. The molecule has 3 heterocycles. The molecule has 5 aromatic rings. The van der Waals surface area contributed by atoms with Gasteiger partial charge >= 0.3 is 0 Å². The summed E-state index contributed by atoms with van der Waals surface area (Å²) in [6, 6.07) is 29.9. The largest absolute Gasteiger partial charge is 0.497 e. The predicted molar refractivity (Wildman–Crippen MR) is 210 cm³/mol. The van der Waals surface area contributed by atoms with E-state index in [9.17, 15) is 14.7 Å². The number of methoxy groups -OCH3 is 2. The van der Waals surface area contributed by atoms with Crippen molar-refractivity contribution in [3.63, 3.8) is 0 Å². The first-order valence-corrected chi connectivity index (χ1v) is 18.5. The van der Waals surface area contributed by atoms with Crippen molar-refractivity contribution in [1.82, 2.24) is 15.0 Å². The second-order valence-corrected chi connectivity index (χ2v) is 14.8. The van der Waals surface area contributed by atoms with Crippen molar-refractivity contribution in [2.45, 2.75) is 57.0 Å². The predicted octanol–water partition coefficient (Wildman–Crippen LogP) is 7.08. The van der Waals surface area contributed by atoms with E-state index in [2.05, 4.69) is 55.1 Å². The van der Waals surface area contributed by atoms with Crippen molar-refractivity contribution in [3.05, 3.63) is 144 Å². The summed E-state index contributed by atoms with van der Waals surface area (Å²) in [5.41, 5.74) is 2.88. The minimum absolute atomic E-state index is 0.156. The molecule has 1 saturated heterocycles. The van der Waals surface area contributed by atoms with E-state index in [1.54, 1.807) is 60.3 Å². The van der Waals surface area contributed by atoms with Crippen molar-refractivity contribution < 1.29 is 28.9 Å². The molecule has 0 saturated carbocycles. The summed E-state index contributed by atoms with van der Waals surface area (Å²) in [5.74, 6) is 0.490. The Hall–Kier alpha value is -5.78. The first-order chi connectivity index (χ1) is 26.5. The van der Waals surface area contributed by atoms with Crippen LogP contribution in [0.3, 0.4) is 0 Å². The Kier molecular flexibility index (Phi) is 10.3. The molecule has 2 amide bonds. The lowest BCUT2D eigenvalue weighted by Gasteiger charge is -2.38. The van der Waals surface area contributed by atoms with Crippen molar-refractivity contribution in [1.29, 1.82) is 0 Å². The number of nitrogens with zero attached hydrogens (tertiary/aromatic N) is 4. The number of hydrogen-bond acceptors (Lipinski definition) is 8. The third kappa shape index (κ3) is 6.78. The monoisotopic (exact) mass is 741 g/mol. The van der Waals surface area contributed by atoms with Crippen LogP contribution in [0.5, 0.6) is 11.5 Å². The number of aliphatic hydroxyl groups is 1. The molecule has 1 fully saturated rings. The molecule has 5 atom stereocenters. The molecule has 55 heavy (non-hydrogen) atoms. The van der Waals surface area contributed by atoms with Gasteiger partial charge in [-0.25, -0.2) is 0 Å². The minimum Gasteiger partial charge on any atom is -0.497 e. The number of fused-ring (bicyclic) bond motifs is 2. The number of carbonyl (C=O) groups is 2. The zero-order valence-electron chi connectivity index (χ0n) is 31.8. The fourth-order valence-corrected chi connectivity index (χ4v) is 8.53. The Morgan fingerprint density at radius 2 is 1.69 bits per heavy atom. The Labute approximate surface area is 321 Å². The minimum atomic E-state index is -1.35. The van der Waals surface area contributed by atoms with Crippen LogP contribution in [-0.4, -0.2) is 58.8 Å². The van der Waals surface area contributed by atoms with Crippen molar-refractivity contribution in [2.24, 2.45) is 11.8 Å². The number of hydrogen-bond donors (Lipinski definition) is 2. The first-order valence-electron chi connectivity index (χ1n) is 18.5. The van der Waals surface area contributed by atoms with Gasteiger partial charge in [0.2, 0.25) is 0 Å². The number of anilines is 2. The average Bonchev–Trinajstić information content (AvgIpc) is 3.87. The highest BCUT2D eigenvalue weighted by atomic mass is 16.5. The lowest BCUT2D eigenvalue weighted by molar-refractivity contribution is -0.146. The van der Waals surface area contributed by atoms with E-state index in [4.69, 9.17) is 14.2 Å². The molecule has 7 rings (SSSR count). The van der Waals surface area contributed by atoms with Gasteiger partial charge in [-0.05, 0) is 77.6 Å². The highest BCUT2D eigenvalue weighted by Gasteiger charge is 2.65. The van der Waals surface area contributed by atoms with E-state index in [1.165, 1.54) is 0 Å². The Bertz CT molecular complexity index is 2170. The molecule has 1 aromatic heterocycles. The van der Waals surface area contributed by atoms with Gasteiger partial charge in [0.25, 0.3) is 11.8 Å². The molecule has 2 aliphatic rings. The first kappa shape index (κ1) is 37.5. The van der Waals surface area contributed by atoms with Gasteiger partial charge in [0.15, 0.2) is 5.60 Å². The van der Waals surface area contributed by atoms with Crippen LogP contribution >= 0.6 is 0 Å². The molecule has 1 spiro atoms. The summed E-state index contributed by atoms with van der Waals surface area (Å²) in [4.78, 5) is 30.0. The molecule has 0 radical (unpaired) electrons. The Morgan fingerprint density at radius 3 is 2.35 bits per heavy atom. The number of aromatic nitrogens is 3. The number of benzene rings is 4. The standard InChI is InChI=1S/C44H47N5O6/c1-7-24-49-37-22-17-32(45-41(51)30-13-18-33(53-5)19-14-30)26-35(37)44(42(49)52)28(2)39(43(3,4)31-15-20-34(54-6)21-16-31)38(55-44)23-25-48-27-36(46-47-48)40(50)29-11-9-8-10-12-29/h7-22,26-28,38-40,50H,1,23-25H2,2-6H3,(H,45,51)/t28-,38+,39-,40+,44+/m0/s1. The normalized spacial score (nSPS) is 21.0. The lowest BCUT2D eigenvalue weighted by Crippen LogP contribution is -2.46. The van der Waals surface area contributed by atoms with Crippen molar-refractivity contribution in [2.75, 3.05) is 31.0 Å². The van der Waals surface area contributed by atoms with E-state index in [1.807, 2.05) is 60.7 Å². The van der Waals surface area contributed by atoms with Gasteiger partial charge < -0.3 is 29.5 Å². The van der Waals surface area contributed by atoms with Crippen molar-refractivity contribution >= 4 is 23.2 Å². The fraction of sp³-hybridized carbons (Fsp3) is 0.318. The van der Waals surface area contributed by atoms with Crippen molar-refractivity contribution in [3.8, 4) is 11.5 Å². The quantitative estimate of drug-likeness (QED) is 0.123. The van der Waals surface area contributed by atoms with Crippen LogP contribution in [-0.2, 0) is 27.1 Å². The maximum Gasteiger partial charge on any atom is 0.264 e. The maximum atomic E-state index is 14.9. The van der Waals surface area contributed by atoms with Crippen LogP contribution < -0.4 is 19.7 Å². The zero-order chi connectivity index (χ0) is 38.9. The van der Waals surface area contributed by atoms with Crippen LogP contribution in [0.15, 0.2) is 116 Å². The van der Waals surface area contributed by atoms with Gasteiger partial charge in [-0.2, -0.15) is 0 Å². The highest BCUT2D eigenvalue weighted by molar-refractivity contribution is 6.09. The summed E-state index contributed by atoms with van der Waals surface area (Å²) in [5, 5.41) is 22.7. The summed E-state index contributed by atoms with van der Waals surface area (Å²) in [6.07, 6.45) is 2.66. The molecule has 2 N–H and O–H groups in total. The number of nitrogens with one attached hydrogen (secondary N) is 1. The Balaban J connectivity index is 1.25. The molecule has 0 bridgehead atoms. The summed E-state index contributed by atoms with van der Waals surface area (Å²) in [7, 11) is 3.22. The van der Waals surface area contributed by atoms with E-state index < -0.39 is 23.2 Å². The molecule has 0 aliphatic carbocycles. The molecule has 284 valence electrons.